The summed E-state index contributed by atoms with van der Waals surface area (Å²) in [6.07, 6.45) is 0. The minimum atomic E-state index is -2.36. The fourth-order valence-corrected chi connectivity index (χ4v) is 3.05. The van der Waals surface area contributed by atoms with E-state index in [1.54, 1.807) is 0 Å². The van der Waals surface area contributed by atoms with E-state index in [-0.39, 0.29) is 11.7 Å². The molecule has 7 heteroatoms. The molecule has 0 radical (unpaired) electrons. The molecule has 1 amide bonds. The molecule has 0 atom stereocenters. The molecule has 0 aliphatic heterocycles. The zero-order chi connectivity index (χ0) is 10.5. The maximum absolute atomic E-state index is 11.0. The van der Waals surface area contributed by atoms with Crippen molar-refractivity contribution < 1.29 is 15.3 Å². The summed E-state index contributed by atoms with van der Waals surface area (Å²) in [5.41, 5.74) is -2.36. The van der Waals surface area contributed by atoms with E-state index < -0.39 is 5.69 Å². The smallest absolute Gasteiger partial charge is 0.247 e. The summed E-state index contributed by atoms with van der Waals surface area (Å²) in [4.78, 5) is 11.0. The summed E-state index contributed by atoms with van der Waals surface area (Å²) in [6, 6.07) is 0. The molecular weight excluding hydrogens is 217 g/mol. The summed E-state index contributed by atoms with van der Waals surface area (Å²) in [6.45, 7) is 0. The van der Waals surface area contributed by atoms with Gasteiger partial charge < -0.3 is 14.4 Å². The lowest BCUT2D eigenvalue weighted by molar-refractivity contribution is -0.118. The van der Waals surface area contributed by atoms with Gasteiger partial charge in [-0.2, -0.15) is 0 Å². The van der Waals surface area contributed by atoms with Crippen LogP contribution in [-0.2, 0) is 25.6 Å². The Balaban J connectivity index is 4.01. The second-order valence-corrected chi connectivity index (χ2v) is 8.23. The van der Waals surface area contributed by atoms with Crippen LogP contribution in [0.25, 0.3) is 0 Å². The van der Waals surface area contributed by atoms with Crippen molar-refractivity contribution in [1.29, 1.82) is 0 Å². The molecule has 0 aliphatic rings. The minimum Gasteiger partial charge on any atom is -0.358 e. The molecule has 0 spiro atoms. The van der Waals surface area contributed by atoms with Gasteiger partial charge in [-0.25, -0.2) is 0 Å². The Labute approximate surface area is 82.8 Å². The lowest BCUT2D eigenvalue weighted by atomic mass is 10.7. The predicted octanol–water partition coefficient (Wildman–Crippen LogP) is 0.983. The van der Waals surface area contributed by atoms with Gasteiger partial charge in [0.15, 0.2) is 1.41 Å². The van der Waals surface area contributed by atoms with Crippen LogP contribution in [-0.4, -0.2) is 32.9 Å². The van der Waals surface area contributed by atoms with Crippen molar-refractivity contribution in [3.05, 3.63) is 0 Å². The molecule has 0 rings (SSSR count). The second kappa shape index (κ2) is 5.94. The van der Waals surface area contributed by atoms with Crippen molar-refractivity contribution in [1.82, 2.24) is 5.31 Å². The molecule has 0 unspecified atom stereocenters. The Kier molecular flexibility index (Phi) is 5.18. The summed E-state index contributed by atoms with van der Waals surface area (Å²) in [5, 5.41) is 0.762. The number of nitrogens with one attached hydrogen (secondary N) is 1. The van der Waals surface area contributed by atoms with E-state index in [9.17, 15) is 4.79 Å². The Hall–Kier alpha value is 0.390. The van der Waals surface area contributed by atoms with E-state index in [4.69, 9.17) is 22.3 Å². The summed E-state index contributed by atoms with van der Waals surface area (Å²) in [7, 11) is 4.27. The quantitative estimate of drug-likeness (QED) is 0.713. The molecule has 0 heterocycles. The molecule has 1 N–H and O–H groups in total. The first kappa shape index (κ1) is 10.5. The van der Waals surface area contributed by atoms with Gasteiger partial charge in [0.1, 0.15) is 0 Å². The van der Waals surface area contributed by atoms with Crippen molar-refractivity contribution in [2.24, 2.45) is 0 Å². The largest absolute Gasteiger partial charge is 0.358 e. The molecule has 0 fully saturated rings. The van der Waals surface area contributed by atoms with Crippen LogP contribution in [0, 0.1) is 0 Å². The van der Waals surface area contributed by atoms with Gasteiger partial charge in [-0.3, -0.25) is 4.79 Å². The standard InChI is InChI=1S/C5H12NO3PS2/c1-6-5(7)4-12-10(11,8-2)9-3/h4H2,1-3H3,(H,6,7)/i/hD. The summed E-state index contributed by atoms with van der Waals surface area (Å²) >= 11 is 6.14. The number of hydrogen-bond acceptors (Lipinski definition) is 5. The van der Waals surface area contributed by atoms with Crippen LogP contribution >= 0.6 is 17.1 Å². The Morgan fingerprint density at radius 2 is 2.25 bits per heavy atom. The van der Waals surface area contributed by atoms with Crippen LogP contribution in [0.4, 0.5) is 0 Å². The highest BCUT2D eigenvalue weighted by molar-refractivity contribution is 8.68. The van der Waals surface area contributed by atoms with Crippen LogP contribution in [0.15, 0.2) is 0 Å². The average molecular weight is 230 g/mol. The third-order valence-electron chi connectivity index (χ3n) is 1.04. The van der Waals surface area contributed by atoms with Gasteiger partial charge in [0.2, 0.25) is 11.6 Å². The zero-order valence-corrected chi connectivity index (χ0v) is 9.67. The highest BCUT2D eigenvalue weighted by Gasteiger charge is 2.17. The van der Waals surface area contributed by atoms with E-state index in [0.29, 0.717) is 0 Å². The van der Waals surface area contributed by atoms with E-state index >= 15 is 0 Å². The van der Waals surface area contributed by atoms with E-state index in [1.165, 1.54) is 21.3 Å². The molecule has 0 aliphatic carbocycles. The van der Waals surface area contributed by atoms with Crippen molar-refractivity contribution in [3.63, 3.8) is 0 Å². The molecule has 0 bridgehead atoms. The van der Waals surface area contributed by atoms with Crippen molar-refractivity contribution >= 4 is 34.8 Å². The first-order valence-electron chi connectivity index (χ1n) is 3.51. The van der Waals surface area contributed by atoms with E-state index in [2.05, 4.69) is 0 Å². The second-order valence-electron chi connectivity index (χ2n) is 1.70. The SMILES string of the molecule is [2H]N(C)C(=O)CSP(=S)(OC)OC. The van der Waals surface area contributed by atoms with Crippen LogP contribution in [0.5, 0.6) is 0 Å². The van der Waals surface area contributed by atoms with Gasteiger partial charge in [-0.15, -0.1) is 0 Å². The number of carbonyl (C=O) groups is 1. The predicted molar refractivity (Wildman–Crippen MR) is 54.8 cm³/mol. The highest BCUT2D eigenvalue weighted by atomic mass is 32.9. The lowest BCUT2D eigenvalue weighted by Gasteiger charge is -2.15. The van der Waals surface area contributed by atoms with Crippen molar-refractivity contribution in [2.45, 2.75) is 0 Å². The minimum absolute atomic E-state index is 0.110. The Morgan fingerprint density at radius 1 is 1.75 bits per heavy atom. The van der Waals surface area contributed by atoms with Crippen LogP contribution < -0.4 is 5.31 Å². The van der Waals surface area contributed by atoms with Crippen molar-refractivity contribution in [2.75, 3.05) is 27.0 Å². The van der Waals surface area contributed by atoms with Crippen molar-refractivity contribution in [3.8, 4) is 0 Å². The molecule has 0 saturated heterocycles. The molecule has 0 aromatic heterocycles. The third kappa shape index (κ3) is 4.42. The van der Waals surface area contributed by atoms with Gasteiger partial charge in [0.25, 0.3) is 0 Å². The number of amides is 1. The fraction of sp³-hybridized carbons (Fsp3) is 0.800. The fourth-order valence-electron chi connectivity index (χ4n) is 0.379. The maximum Gasteiger partial charge on any atom is 0.247 e. The normalized spacial score (nSPS) is 12.4. The molecule has 4 nitrogen and oxygen atoms in total. The van der Waals surface area contributed by atoms with Crippen LogP contribution in [0.3, 0.4) is 0 Å². The molecule has 0 aromatic carbocycles. The topological polar surface area (TPSA) is 47.6 Å². The third-order valence-corrected chi connectivity index (χ3v) is 6.70. The molecule has 0 aromatic rings. The van der Waals surface area contributed by atoms with E-state index in [1.807, 2.05) is 0 Å². The molecule has 12 heavy (non-hydrogen) atoms. The maximum atomic E-state index is 11.0. The van der Waals surface area contributed by atoms with Gasteiger partial charge in [-0.1, -0.05) is 11.4 Å². The summed E-state index contributed by atoms with van der Waals surface area (Å²) in [5.74, 6) is -0.216. The number of rotatable bonds is 5. The van der Waals surface area contributed by atoms with Crippen LogP contribution in [0.1, 0.15) is 0 Å². The molecular formula is C5H12NO3PS2. The first-order chi connectivity index (χ1) is 5.95. The lowest BCUT2D eigenvalue weighted by Crippen LogP contribution is -2.19. The molecule has 72 valence electrons. The first-order valence-corrected chi connectivity index (χ1v) is 7.29. The van der Waals surface area contributed by atoms with Gasteiger partial charge >= 0.3 is 0 Å². The zero-order valence-electron chi connectivity index (χ0n) is 8.14. The monoisotopic (exact) mass is 230 g/mol. The molecule has 0 saturated carbocycles. The van der Waals surface area contributed by atoms with Gasteiger partial charge in [0.05, 0.1) is 5.75 Å². The van der Waals surface area contributed by atoms with Gasteiger partial charge in [0, 0.05) is 21.3 Å². The van der Waals surface area contributed by atoms with E-state index in [0.717, 1.165) is 16.7 Å². The number of hydrogen-bond donors (Lipinski definition) is 1. The Bertz CT molecular complexity index is 218. The Morgan fingerprint density at radius 3 is 2.58 bits per heavy atom. The average Bonchev–Trinajstić information content (AvgIpc) is 2.13. The summed E-state index contributed by atoms with van der Waals surface area (Å²) < 4.78 is 16.9. The van der Waals surface area contributed by atoms with Gasteiger partial charge in [-0.05, 0) is 11.8 Å². The number of carbonyl (C=O) groups excluding carboxylic acids is 1. The highest BCUT2D eigenvalue weighted by Crippen LogP contribution is 2.59. The van der Waals surface area contributed by atoms with Crippen LogP contribution in [0.2, 0.25) is 1.41 Å².